The quantitative estimate of drug-likeness (QED) is 0.350. The zero-order valence-corrected chi connectivity index (χ0v) is 22.1. The highest BCUT2D eigenvalue weighted by molar-refractivity contribution is 5.99. The highest BCUT2D eigenvalue weighted by atomic mass is 19.3. The van der Waals surface area contributed by atoms with Crippen LogP contribution in [0.2, 0.25) is 0 Å². The van der Waals surface area contributed by atoms with Gasteiger partial charge < -0.3 is 29.0 Å². The van der Waals surface area contributed by atoms with Gasteiger partial charge in [0.15, 0.2) is 0 Å². The van der Waals surface area contributed by atoms with Gasteiger partial charge in [-0.25, -0.2) is 8.78 Å². The maximum Gasteiger partial charge on any atom is 0.387 e. The summed E-state index contributed by atoms with van der Waals surface area (Å²) in [6, 6.07) is 9.85. The number of pyridine rings is 1. The average Bonchev–Trinajstić information content (AvgIpc) is 3.25. The Morgan fingerprint density at radius 3 is 2.34 bits per heavy atom. The molecule has 4 rings (SSSR count). The van der Waals surface area contributed by atoms with Crippen molar-refractivity contribution in [3.05, 3.63) is 87.8 Å². The van der Waals surface area contributed by atoms with Crippen molar-refractivity contribution >= 4 is 17.5 Å². The van der Waals surface area contributed by atoms with Crippen LogP contribution in [0.4, 0.5) is 23.2 Å². The van der Waals surface area contributed by atoms with Crippen LogP contribution >= 0.6 is 0 Å². The molecule has 1 aromatic heterocycles. The lowest BCUT2D eigenvalue weighted by Gasteiger charge is -2.19. The Hall–Kier alpha value is -4.39. The fourth-order valence-corrected chi connectivity index (χ4v) is 4.75. The normalized spacial score (nSPS) is 16.8. The number of nitrogens with zero attached hydrogens (tertiary/aromatic N) is 2. The Morgan fingerprint density at radius 1 is 1.05 bits per heavy atom. The number of aromatic nitrogens is 1. The third-order valence-corrected chi connectivity index (χ3v) is 6.76. The summed E-state index contributed by atoms with van der Waals surface area (Å²) in [7, 11) is 2.73. The molecule has 9 nitrogen and oxygen atoms in total. The first kappa shape index (κ1) is 29.6. The molecule has 3 aromatic rings. The van der Waals surface area contributed by atoms with Crippen molar-refractivity contribution in [2.75, 3.05) is 38.8 Å². The van der Waals surface area contributed by atoms with Crippen molar-refractivity contribution in [1.82, 2.24) is 9.88 Å². The second kappa shape index (κ2) is 12.9. The van der Waals surface area contributed by atoms with Gasteiger partial charge >= 0.3 is 6.61 Å². The Labute approximate surface area is 232 Å². The van der Waals surface area contributed by atoms with Gasteiger partial charge in [0, 0.05) is 62.1 Å². The van der Waals surface area contributed by atoms with Crippen molar-refractivity contribution in [3.8, 4) is 11.5 Å². The third kappa shape index (κ3) is 6.51. The molecular weight excluding hydrogens is 550 g/mol. The van der Waals surface area contributed by atoms with E-state index in [1.54, 1.807) is 6.07 Å². The predicted molar refractivity (Wildman–Crippen MR) is 139 cm³/mol. The van der Waals surface area contributed by atoms with E-state index in [0.29, 0.717) is 0 Å². The van der Waals surface area contributed by atoms with E-state index in [4.69, 9.17) is 9.47 Å². The van der Waals surface area contributed by atoms with Gasteiger partial charge in [-0.2, -0.15) is 8.78 Å². The van der Waals surface area contributed by atoms with E-state index in [2.05, 4.69) is 10.1 Å². The van der Waals surface area contributed by atoms with E-state index >= 15 is 8.78 Å². The number of rotatable bonds is 11. The van der Waals surface area contributed by atoms with Crippen LogP contribution in [0, 0.1) is 17.6 Å². The van der Waals surface area contributed by atoms with Gasteiger partial charge in [0.1, 0.15) is 28.8 Å². The molecular formula is C28H27F4N3O6. The summed E-state index contributed by atoms with van der Waals surface area (Å²) < 4.78 is 70.8. The van der Waals surface area contributed by atoms with Crippen molar-refractivity contribution in [2.24, 2.45) is 5.92 Å². The number of hydrogen-bond donors (Lipinski definition) is 1. The second-order valence-corrected chi connectivity index (χ2v) is 9.16. The van der Waals surface area contributed by atoms with Crippen LogP contribution < -0.4 is 25.2 Å². The summed E-state index contributed by atoms with van der Waals surface area (Å²) >= 11 is 0. The molecule has 218 valence electrons. The summed E-state index contributed by atoms with van der Waals surface area (Å²) in [4.78, 5) is 40.8. The largest absolute Gasteiger partial charge is 0.497 e. The molecule has 0 bridgehead atoms. The molecule has 1 fully saturated rings. The van der Waals surface area contributed by atoms with Crippen LogP contribution in [0.25, 0.3) is 0 Å². The van der Waals surface area contributed by atoms with E-state index in [-0.39, 0.29) is 54.6 Å². The minimum absolute atomic E-state index is 0.0105. The SMILES string of the molecule is COCCn1cccc(N2C[C@@H](c3c(F)cc(OC)cc3F)C(CNC(=O)c3ccc(OC(F)F)cc3)C2=O)c1=O. The molecule has 0 aliphatic carbocycles. The summed E-state index contributed by atoms with van der Waals surface area (Å²) in [6.45, 7) is -3.13. The third-order valence-electron chi connectivity index (χ3n) is 6.76. The number of benzene rings is 2. The highest BCUT2D eigenvalue weighted by Crippen LogP contribution is 2.39. The number of anilines is 1. The average molecular weight is 578 g/mol. The minimum atomic E-state index is -3.03. The van der Waals surface area contributed by atoms with Crippen molar-refractivity contribution < 1.29 is 41.4 Å². The first-order valence-electron chi connectivity index (χ1n) is 12.5. The number of halogens is 4. The molecule has 1 N–H and O–H groups in total. The molecule has 1 aliphatic heterocycles. The molecule has 0 saturated carbocycles. The van der Waals surface area contributed by atoms with Crippen LogP contribution in [0.3, 0.4) is 0 Å². The molecule has 2 heterocycles. The van der Waals surface area contributed by atoms with Gasteiger partial charge in [0.05, 0.1) is 19.6 Å². The first-order valence-corrected chi connectivity index (χ1v) is 12.5. The Bertz CT molecular complexity index is 1440. The molecule has 2 amide bonds. The zero-order chi connectivity index (χ0) is 29.7. The van der Waals surface area contributed by atoms with E-state index in [1.807, 2.05) is 0 Å². The van der Waals surface area contributed by atoms with E-state index in [9.17, 15) is 23.2 Å². The molecule has 2 aromatic carbocycles. The number of ether oxygens (including phenoxy) is 3. The predicted octanol–water partition coefficient (Wildman–Crippen LogP) is 3.56. The van der Waals surface area contributed by atoms with Crippen molar-refractivity contribution in [1.29, 1.82) is 0 Å². The number of alkyl halides is 2. The number of hydrogen-bond acceptors (Lipinski definition) is 6. The van der Waals surface area contributed by atoms with Crippen LogP contribution in [0.15, 0.2) is 59.5 Å². The molecule has 1 aliphatic rings. The Balaban J connectivity index is 1.64. The molecule has 2 atom stereocenters. The molecule has 13 heteroatoms. The van der Waals surface area contributed by atoms with Crippen LogP contribution in [0.5, 0.6) is 11.5 Å². The molecule has 1 saturated heterocycles. The monoisotopic (exact) mass is 577 g/mol. The van der Waals surface area contributed by atoms with Gasteiger partial charge in [0.2, 0.25) is 5.91 Å². The number of carbonyl (C=O) groups is 2. The number of carbonyl (C=O) groups excluding carboxylic acids is 2. The fourth-order valence-electron chi connectivity index (χ4n) is 4.75. The molecule has 1 unspecified atom stereocenters. The second-order valence-electron chi connectivity index (χ2n) is 9.16. The minimum Gasteiger partial charge on any atom is -0.497 e. The van der Waals surface area contributed by atoms with Crippen LogP contribution in [-0.2, 0) is 16.1 Å². The van der Waals surface area contributed by atoms with Gasteiger partial charge in [-0.3, -0.25) is 14.4 Å². The summed E-state index contributed by atoms with van der Waals surface area (Å²) in [5.74, 6) is -5.60. The number of amides is 2. The Morgan fingerprint density at radius 2 is 1.73 bits per heavy atom. The van der Waals surface area contributed by atoms with E-state index in [1.165, 1.54) is 55.3 Å². The number of nitrogens with one attached hydrogen (secondary N) is 1. The van der Waals surface area contributed by atoms with Gasteiger partial charge in [-0.15, -0.1) is 0 Å². The lowest BCUT2D eigenvalue weighted by molar-refractivity contribution is -0.120. The summed E-state index contributed by atoms with van der Waals surface area (Å²) in [6.07, 6.45) is 1.53. The van der Waals surface area contributed by atoms with Crippen LogP contribution in [-0.4, -0.2) is 56.9 Å². The smallest absolute Gasteiger partial charge is 0.387 e. The fraction of sp³-hybridized carbons (Fsp3) is 0.321. The summed E-state index contributed by atoms with van der Waals surface area (Å²) in [5, 5.41) is 2.57. The highest BCUT2D eigenvalue weighted by Gasteiger charge is 2.45. The molecule has 0 radical (unpaired) electrons. The van der Waals surface area contributed by atoms with Gasteiger partial charge in [-0.1, -0.05) is 0 Å². The van der Waals surface area contributed by atoms with Gasteiger partial charge in [0.25, 0.3) is 11.5 Å². The maximum absolute atomic E-state index is 15.2. The van der Waals surface area contributed by atoms with Crippen LogP contribution in [0.1, 0.15) is 21.8 Å². The van der Waals surface area contributed by atoms with E-state index in [0.717, 1.165) is 17.0 Å². The van der Waals surface area contributed by atoms with Gasteiger partial charge in [-0.05, 0) is 36.4 Å². The first-order chi connectivity index (χ1) is 19.6. The van der Waals surface area contributed by atoms with Crippen molar-refractivity contribution in [3.63, 3.8) is 0 Å². The standard InChI is InChI=1S/C28H27F4N3O6/c1-39-11-10-34-9-3-4-23(27(34)38)35-15-20(24-21(29)12-18(40-2)13-22(24)30)19(26(35)37)14-33-25(36)16-5-7-17(8-6-16)41-28(31)32/h3-9,12-13,19-20,28H,10-11,14-15H2,1-2H3,(H,33,36)/t19?,20-/m1/s1. The molecule has 0 spiro atoms. The lowest BCUT2D eigenvalue weighted by Crippen LogP contribution is -2.38. The van der Waals surface area contributed by atoms with E-state index < -0.39 is 47.5 Å². The topological polar surface area (TPSA) is 99.1 Å². The zero-order valence-electron chi connectivity index (χ0n) is 22.1. The summed E-state index contributed by atoms with van der Waals surface area (Å²) in [5.41, 5.74) is -0.791. The Kier molecular flexibility index (Phi) is 9.28. The number of methoxy groups -OCH3 is 2. The molecule has 41 heavy (non-hydrogen) atoms. The lowest BCUT2D eigenvalue weighted by atomic mass is 9.87. The maximum atomic E-state index is 15.2. The van der Waals surface area contributed by atoms with Crippen molar-refractivity contribution in [2.45, 2.75) is 19.1 Å².